The zero-order valence-electron chi connectivity index (χ0n) is 24.9. The van der Waals surface area contributed by atoms with Crippen LogP contribution >= 0.6 is 0 Å². The van der Waals surface area contributed by atoms with Gasteiger partial charge in [0.15, 0.2) is 6.23 Å². The van der Waals surface area contributed by atoms with Crippen molar-refractivity contribution in [3.8, 4) is 0 Å². The lowest BCUT2D eigenvalue weighted by Gasteiger charge is -2.44. The Kier molecular flexibility index (Phi) is 21.8. The summed E-state index contributed by atoms with van der Waals surface area (Å²) in [6.07, 6.45) is 16.4. The Hall–Kier alpha value is -1.03. The van der Waals surface area contributed by atoms with E-state index in [1.165, 1.54) is 49.8 Å². The van der Waals surface area contributed by atoms with E-state index < -0.39 is 37.3 Å². The summed E-state index contributed by atoms with van der Waals surface area (Å²) in [5.74, 6) is -0.162. The molecule has 1 amide bonds. The van der Waals surface area contributed by atoms with Crippen LogP contribution in [0.4, 0.5) is 0 Å². The molecule has 0 radical (unpaired) electrons. The smallest absolute Gasteiger partial charge is 0.224 e. The predicted molar refractivity (Wildman–Crippen MR) is 155 cm³/mol. The van der Waals surface area contributed by atoms with Crippen molar-refractivity contribution in [2.75, 3.05) is 26.4 Å². The second-order valence-corrected chi connectivity index (χ2v) is 11.0. The topological polar surface area (TPSA) is 120 Å². The molecule has 8 heteroatoms. The van der Waals surface area contributed by atoms with Crippen LogP contribution in [-0.2, 0) is 14.3 Å². The van der Waals surface area contributed by atoms with Gasteiger partial charge in [-0.15, -0.1) is 0 Å². The van der Waals surface area contributed by atoms with E-state index in [1.54, 1.807) is 0 Å². The number of hydrogen-bond donors (Lipinski definition) is 4. The third-order valence-corrected chi connectivity index (χ3v) is 7.48. The van der Waals surface area contributed by atoms with E-state index in [4.69, 9.17) is 9.47 Å². The zero-order valence-corrected chi connectivity index (χ0v) is 24.9. The Balaban J connectivity index is 2.36. The molecule has 1 fully saturated rings. The normalized spacial score (nSPS) is 23.5. The highest BCUT2D eigenvalue weighted by Crippen LogP contribution is 2.25. The Bertz CT molecular complexity index is 616. The molecule has 4 N–H and O–H groups in total. The van der Waals surface area contributed by atoms with Crippen LogP contribution < -0.4 is 0 Å². The van der Waals surface area contributed by atoms with Gasteiger partial charge in [-0.1, -0.05) is 83.8 Å². The number of amides is 1. The van der Waals surface area contributed by atoms with Crippen molar-refractivity contribution in [3.05, 3.63) is 12.2 Å². The quantitative estimate of drug-likeness (QED) is 0.0988. The van der Waals surface area contributed by atoms with Crippen molar-refractivity contribution in [1.82, 2.24) is 4.90 Å². The summed E-state index contributed by atoms with van der Waals surface area (Å²) in [5, 5.41) is 40.5. The van der Waals surface area contributed by atoms with Crippen molar-refractivity contribution in [2.24, 2.45) is 0 Å². The van der Waals surface area contributed by atoms with Gasteiger partial charge in [-0.05, 0) is 44.9 Å². The van der Waals surface area contributed by atoms with Crippen molar-refractivity contribution in [2.45, 2.75) is 154 Å². The van der Waals surface area contributed by atoms with E-state index in [1.807, 2.05) is 0 Å². The number of allylic oxidation sites excluding steroid dienone is 2. The van der Waals surface area contributed by atoms with Gasteiger partial charge in [-0.25, -0.2) is 0 Å². The van der Waals surface area contributed by atoms with Gasteiger partial charge in [0.25, 0.3) is 0 Å². The number of ether oxygens (including phenoxy) is 2. The number of nitrogens with zero attached hydrogens (tertiary/aromatic N) is 1. The SMILES string of the molecule is CCCCCCCC/C=C\CCCCCCCC(=O)N(CCCOCCCC)[C@@H]1O[C@H](CO)[C@@H](O)[C@H](O)[C@H]1O. The summed E-state index contributed by atoms with van der Waals surface area (Å²) in [4.78, 5) is 14.6. The highest BCUT2D eigenvalue weighted by atomic mass is 16.6. The van der Waals surface area contributed by atoms with E-state index >= 15 is 0 Å². The number of carbonyl (C=O) groups is 1. The number of rotatable bonds is 24. The zero-order chi connectivity index (χ0) is 28.7. The van der Waals surface area contributed by atoms with Crippen molar-refractivity contribution in [3.63, 3.8) is 0 Å². The van der Waals surface area contributed by atoms with Gasteiger partial charge in [0.2, 0.25) is 5.91 Å². The molecule has 0 aromatic carbocycles. The first-order valence-corrected chi connectivity index (χ1v) is 15.8. The Morgan fingerprint density at radius 1 is 0.744 bits per heavy atom. The van der Waals surface area contributed by atoms with E-state index in [9.17, 15) is 25.2 Å². The summed E-state index contributed by atoms with van der Waals surface area (Å²) < 4.78 is 11.3. The molecule has 8 nitrogen and oxygen atoms in total. The molecule has 0 unspecified atom stereocenters. The average Bonchev–Trinajstić information content (AvgIpc) is 2.94. The number of unbranched alkanes of at least 4 members (excludes halogenated alkanes) is 12. The molecule has 1 saturated heterocycles. The van der Waals surface area contributed by atoms with Crippen LogP contribution in [0.5, 0.6) is 0 Å². The van der Waals surface area contributed by atoms with Crippen LogP contribution in [0.15, 0.2) is 12.2 Å². The number of hydrogen-bond acceptors (Lipinski definition) is 7. The summed E-state index contributed by atoms with van der Waals surface area (Å²) in [7, 11) is 0. The lowest BCUT2D eigenvalue weighted by molar-refractivity contribution is -0.262. The first-order chi connectivity index (χ1) is 19.0. The lowest BCUT2D eigenvalue weighted by atomic mass is 9.97. The van der Waals surface area contributed by atoms with E-state index in [0.717, 1.165) is 51.4 Å². The molecule has 0 bridgehead atoms. The average molecular weight is 558 g/mol. The van der Waals surface area contributed by atoms with Crippen molar-refractivity contribution >= 4 is 5.91 Å². The Morgan fingerprint density at radius 3 is 1.92 bits per heavy atom. The van der Waals surface area contributed by atoms with E-state index in [2.05, 4.69) is 26.0 Å². The number of carbonyl (C=O) groups excluding carboxylic acids is 1. The summed E-state index contributed by atoms with van der Waals surface area (Å²) in [6, 6.07) is 0. The second kappa shape index (κ2) is 23.7. The third-order valence-electron chi connectivity index (χ3n) is 7.48. The van der Waals surface area contributed by atoms with Crippen LogP contribution in [0.25, 0.3) is 0 Å². The molecule has 39 heavy (non-hydrogen) atoms. The minimum absolute atomic E-state index is 0.162. The van der Waals surface area contributed by atoms with Crippen LogP contribution in [-0.4, -0.2) is 88.2 Å². The van der Waals surface area contributed by atoms with Crippen molar-refractivity contribution in [1.29, 1.82) is 0 Å². The van der Waals surface area contributed by atoms with Gasteiger partial charge in [0, 0.05) is 26.2 Å². The lowest BCUT2D eigenvalue weighted by Crippen LogP contribution is -2.64. The molecule has 0 aromatic rings. The fraction of sp³-hybridized carbons (Fsp3) is 0.903. The Morgan fingerprint density at radius 2 is 1.31 bits per heavy atom. The molecular formula is C31H59NO7. The van der Waals surface area contributed by atoms with E-state index in [0.29, 0.717) is 32.6 Å². The maximum absolute atomic E-state index is 13.1. The van der Waals surface area contributed by atoms with E-state index in [-0.39, 0.29) is 5.91 Å². The van der Waals surface area contributed by atoms with Crippen molar-refractivity contribution < 1.29 is 34.7 Å². The largest absolute Gasteiger partial charge is 0.394 e. The molecule has 1 aliphatic rings. The Labute approximate surface area is 237 Å². The van der Waals surface area contributed by atoms with Crippen LogP contribution in [0.3, 0.4) is 0 Å². The monoisotopic (exact) mass is 557 g/mol. The first-order valence-electron chi connectivity index (χ1n) is 15.8. The second-order valence-electron chi connectivity index (χ2n) is 11.0. The number of aliphatic hydroxyl groups excluding tert-OH is 4. The molecule has 0 spiro atoms. The first kappa shape index (κ1) is 36.0. The standard InChI is InChI=1S/C31H59NO7/c1-3-5-7-8-9-10-11-12-13-14-15-16-17-18-19-21-27(34)32(22-20-24-38-23-6-4-2)31-30(37)29(36)28(35)26(25-33)39-31/h12-13,26,28-31,33,35-37H,3-11,14-25H2,1-2H3/b13-12-/t26-,28-,29+,30-,31-/m1/s1. The van der Waals surface area contributed by atoms with Gasteiger partial charge in [0.05, 0.1) is 6.61 Å². The van der Waals surface area contributed by atoms with Gasteiger partial charge in [-0.2, -0.15) is 0 Å². The maximum atomic E-state index is 13.1. The summed E-state index contributed by atoms with van der Waals surface area (Å²) in [5.41, 5.74) is 0. The minimum Gasteiger partial charge on any atom is -0.394 e. The predicted octanol–water partition coefficient (Wildman–Crippen LogP) is 4.86. The molecule has 1 heterocycles. The van der Waals surface area contributed by atoms with Gasteiger partial charge in [0.1, 0.15) is 24.4 Å². The third kappa shape index (κ3) is 15.5. The molecule has 0 aliphatic carbocycles. The summed E-state index contributed by atoms with van der Waals surface area (Å²) >= 11 is 0. The minimum atomic E-state index is -1.50. The molecule has 230 valence electrons. The van der Waals surface area contributed by atoms with Gasteiger partial charge < -0.3 is 34.8 Å². The molecule has 1 rings (SSSR count). The fourth-order valence-electron chi connectivity index (χ4n) is 4.91. The van der Waals surface area contributed by atoms with Gasteiger partial charge >= 0.3 is 0 Å². The molecule has 0 aromatic heterocycles. The molecule has 0 saturated carbocycles. The van der Waals surface area contributed by atoms with Crippen LogP contribution in [0.1, 0.15) is 123 Å². The molecule has 1 aliphatic heterocycles. The maximum Gasteiger partial charge on any atom is 0.224 e. The van der Waals surface area contributed by atoms with Crippen LogP contribution in [0, 0.1) is 0 Å². The summed E-state index contributed by atoms with van der Waals surface area (Å²) in [6.45, 7) is 5.28. The fourth-order valence-corrected chi connectivity index (χ4v) is 4.91. The molecular weight excluding hydrogens is 498 g/mol. The highest BCUT2D eigenvalue weighted by Gasteiger charge is 2.46. The number of aliphatic hydroxyl groups is 4. The van der Waals surface area contributed by atoms with Gasteiger partial charge in [-0.3, -0.25) is 4.79 Å². The van der Waals surface area contributed by atoms with Crippen LogP contribution in [0.2, 0.25) is 0 Å². The highest BCUT2D eigenvalue weighted by molar-refractivity contribution is 5.76. The molecule has 5 atom stereocenters.